The third kappa shape index (κ3) is 11.8. The summed E-state index contributed by atoms with van der Waals surface area (Å²) in [5.74, 6) is -0.662. The molecule has 0 spiro atoms. The van der Waals surface area contributed by atoms with Crippen LogP contribution in [0.15, 0.2) is 0 Å². The van der Waals surface area contributed by atoms with Crippen molar-refractivity contribution < 1.29 is 24.6 Å². The minimum Gasteiger partial charge on any atom is -0.480 e. The molecule has 1 saturated carbocycles. The van der Waals surface area contributed by atoms with E-state index < -0.39 is 11.9 Å². The van der Waals surface area contributed by atoms with Crippen molar-refractivity contribution >= 4 is 17.7 Å². The van der Waals surface area contributed by atoms with E-state index in [1.165, 1.54) is 0 Å². The zero-order valence-electron chi connectivity index (χ0n) is 22.0. The zero-order chi connectivity index (χ0) is 25.5. The van der Waals surface area contributed by atoms with Gasteiger partial charge in [-0.1, -0.05) is 47.0 Å². The molecule has 0 amide bonds. The summed E-state index contributed by atoms with van der Waals surface area (Å²) in [7, 11) is 0. The van der Waals surface area contributed by atoms with Gasteiger partial charge in [-0.25, -0.2) is 0 Å². The number of rotatable bonds is 21. The van der Waals surface area contributed by atoms with E-state index in [0.29, 0.717) is 44.4 Å². The highest BCUT2D eigenvalue weighted by molar-refractivity contribution is 5.87. The van der Waals surface area contributed by atoms with Gasteiger partial charge in [-0.05, 0) is 51.1 Å². The molecule has 0 aromatic heterocycles. The van der Waals surface area contributed by atoms with Crippen LogP contribution in [0.25, 0.3) is 0 Å². The van der Waals surface area contributed by atoms with E-state index in [2.05, 4.69) is 32.6 Å². The number of nitrogens with zero attached hydrogens (tertiary/aromatic N) is 3. The van der Waals surface area contributed by atoms with Crippen LogP contribution in [0.3, 0.4) is 0 Å². The summed E-state index contributed by atoms with van der Waals surface area (Å²) in [5.41, 5.74) is 0. The minimum absolute atomic E-state index is 0.0340. The Morgan fingerprint density at radius 1 is 0.794 bits per heavy atom. The number of carboxylic acids is 2. The van der Waals surface area contributed by atoms with Crippen LogP contribution in [0.1, 0.15) is 79.1 Å². The number of carboxylic acid groups (broad SMARTS) is 2. The molecule has 1 aliphatic carbocycles. The van der Waals surface area contributed by atoms with Gasteiger partial charge in [0.15, 0.2) is 5.78 Å². The third-order valence-electron chi connectivity index (χ3n) is 7.14. The maximum atomic E-state index is 13.1. The molecule has 8 nitrogen and oxygen atoms in total. The molecule has 0 bridgehead atoms. The number of carbonyl (C=O) groups excluding carboxylic acids is 1. The summed E-state index contributed by atoms with van der Waals surface area (Å²) >= 11 is 0. The Labute approximate surface area is 206 Å². The van der Waals surface area contributed by atoms with Gasteiger partial charge in [0.1, 0.15) is 0 Å². The number of carbonyl (C=O) groups is 3. The highest BCUT2D eigenvalue weighted by Crippen LogP contribution is 2.30. The number of aliphatic carboxylic acids is 2. The topological polar surface area (TPSA) is 101 Å². The second-order valence-electron chi connectivity index (χ2n) is 10.0. The van der Waals surface area contributed by atoms with Crippen molar-refractivity contribution in [1.29, 1.82) is 0 Å². The van der Waals surface area contributed by atoms with Crippen molar-refractivity contribution in [2.75, 3.05) is 52.4 Å². The number of hydrogen-bond acceptors (Lipinski definition) is 6. The van der Waals surface area contributed by atoms with Crippen LogP contribution < -0.4 is 0 Å². The monoisotopic (exact) mass is 483 g/mol. The third-order valence-corrected chi connectivity index (χ3v) is 7.14. The summed E-state index contributed by atoms with van der Waals surface area (Å²) < 4.78 is 0. The smallest absolute Gasteiger partial charge is 0.317 e. The molecule has 8 heteroatoms. The van der Waals surface area contributed by atoms with E-state index in [0.717, 1.165) is 57.9 Å². The first-order chi connectivity index (χ1) is 16.2. The van der Waals surface area contributed by atoms with Gasteiger partial charge < -0.3 is 10.2 Å². The standard InChI is InChI=1S/C26H49N3O5/c1-5-9-23(26(34)22-10-8-11-22)29(13-6-2)18-17-28(20-25(32)33)16-15-27(19-24(30)31)14-12-21(4)7-3/h21-23H,5-20H2,1-4H3,(H,30,31)(H,32,33). The van der Waals surface area contributed by atoms with Crippen LogP contribution in [0.5, 0.6) is 0 Å². The lowest BCUT2D eigenvalue weighted by Gasteiger charge is -2.36. The lowest BCUT2D eigenvalue weighted by Crippen LogP contribution is -2.49. The molecule has 0 aromatic carbocycles. The minimum atomic E-state index is -0.887. The first-order valence-electron chi connectivity index (χ1n) is 13.4. The fraction of sp³-hybridized carbons (Fsp3) is 0.885. The van der Waals surface area contributed by atoms with E-state index >= 15 is 0 Å². The van der Waals surface area contributed by atoms with Gasteiger partial charge in [-0.3, -0.25) is 29.1 Å². The van der Waals surface area contributed by atoms with Crippen LogP contribution >= 0.6 is 0 Å². The van der Waals surface area contributed by atoms with E-state index in [1.54, 1.807) is 0 Å². The highest BCUT2D eigenvalue weighted by Gasteiger charge is 2.33. The molecule has 0 radical (unpaired) electrons. The van der Waals surface area contributed by atoms with Crippen molar-refractivity contribution in [3.05, 3.63) is 0 Å². The summed E-state index contributed by atoms with van der Waals surface area (Å²) in [6.07, 6.45) is 7.85. The van der Waals surface area contributed by atoms with Gasteiger partial charge >= 0.3 is 11.9 Å². The number of Topliss-reactive ketones (excluding diaryl/α,β-unsaturated/α-hetero) is 1. The Kier molecular flexibility index (Phi) is 15.3. The van der Waals surface area contributed by atoms with Gasteiger partial charge in [-0.2, -0.15) is 0 Å². The maximum Gasteiger partial charge on any atom is 0.317 e. The molecule has 0 heterocycles. The molecule has 1 aliphatic rings. The summed E-state index contributed by atoms with van der Waals surface area (Å²) in [6.45, 7) is 12.1. The SMILES string of the molecule is CCCC(C(=O)C1CCC1)N(CCC)CCN(CCN(CCC(C)CC)CC(=O)O)CC(=O)O. The van der Waals surface area contributed by atoms with Gasteiger partial charge in [-0.15, -0.1) is 0 Å². The zero-order valence-corrected chi connectivity index (χ0v) is 22.0. The first kappa shape index (κ1) is 30.5. The van der Waals surface area contributed by atoms with E-state index in [-0.39, 0.29) is 25.0 Å². The Balaban J connectivity index is 2.79. The summed E-state index contributed by atoms with van der Waals surface area (Å²) in [5, 5.41) is 18.7. The maximum absolute atomic E-state index is 13.1. The molecule has 0 saturated heterocycles. The predicted octanol–water partition coefficient (Wildman–Crippen LogP) is 3.45. The molecule has 34 heavy (non-hydrogen) atoms. The van der Waals surface area contributed by atoms with Crippen LogP contribution in [0, 0.1) is 11.8 Å². The van der Waals surface area contributed by atoms with E-state index in [4.69, 9.17) is 0 Å². The number of hydrogen-bond donors (Lipinski definition) is 2. The van der Waals surface area contributed by atoms with E-state index in [1.807, 2.05) is 9.80 Å². The lowest BCUT2D eigenvalue weighted by atomic mass is 9.78. The first-order valence-corrected chi connectivity index (χ1v) is 13.4. The average Bonchev–Trinajstić information content (AvgIpc) is 2.74. The highest BCUT2D eigenvalue weighted by atomic mass is 16.4. The van der Waals surface area contributed by atoms with Crippen molar-refractivity contribution in [3.63, 3.8) is 0 Å². The molecular formula is C26H49N3O5. The molecule has 2 atom stereocenters. The molecule has 2 unspecified atom stereocenters. The number of ketones is 1. The van der Waals surface area contributed by atoms with Crippen molar-refractivity contribution in [3.8, 4) is 0 Å². The van der Waals surface area contributed by atoms with Crippen molar-refractivity contribution in [1.82, 2.24) is 14.7 Å². The van der Waals surface area contributed by atoms with Crippen LogP contribution in [-0.2, 0) is 14.4 Å². The molecule has 1 rings (SSSR count). The normalized spacial score (nSPS) is 16.1. The fourth-order valence-corrected chi connectivity index (χ4v) is 4.54. The molecular weight excluding hydrogens is 434 g/mol. The van der Waals surface area contributed by atoms with Crippen LogP contribution in [0.2, 0.25) is 0 Å². The van der Waals surface area contributed by atoms with E-state index in [9.17, 15) is 24.6 Å². The van der Waals surface area contributed by atoms with Crippen molar-refractivity contribution in [2.45, 2.75) is 85.1 Å². The van der Waals surface area contributed by atoms with Gasteiger partial charge in [0, 0.05) is 32.1 Å². The summed E-state index contributed by atoms with van der Waals surface area (Å²) in [4.78, 5) is 42.0. The van der Waals surface area contributed by atoms with Gasteiger partial charge in [0.25, 0.3) is 0 Å². The Hall–Kier alpha value is -1.51. The van der Waals surface area contributed by atoms with Gasteiger partial charge in [0.05, 0.1) is 19.1 Å². The molecule has 0 aliphatic heterocycles. The largest absolute Gasteiger partial charge is 0.480 e. The average molecular weight is 484 g/mol. The molecule has 2 N–H and O–H groups in total. The van der Waals surface area contributed by atoms with Crippen LogP contribution in [0.4, 0.5) is 0 Å². The fourth-order valence-electron chi connectivity index (χ4n) is 4.54. The Morgan fingerprint density at radius 2 is 1.35 bits per heavy atom. The predicted molar refractivity (Wildman–Crippen MR) is 135 cm³/mol. The second kappa shape index (κ2) is 17.0. The van der Waals surface area contributed by atoms with Gasteiger partial charge in [0.2, 0.25) is 0 Å². The van der Waals surface area contributed by atoms with Crippen molar-refractivity contribution in [2.24, 2.45) is 11.8 Å². The molecule has 0 aromatic rings. The second-order valence-corrected chi connectivity index (χ2v) is 10.0. The molecule has 198 valence electrons. The Morgan fingerprint density at radius 3 is 1.79 bits per heavy atom. The van der Waals surface area contributed by atoms with Crippen LogP contribution in [-0.4, -0.2) is 101 Å². The lowest BCUT2D eigenvalue weighted by molar-refractivity contribution is -0.140. The Bertz CT molecular complexity index is 611. The summed E-state index contributed by atoms with van der Waals surface area (Å²) in [6, 6.07) is -0.0824. The quantitative estimate of drug-likeness (QED) is 0.256. The molecule has 1 fully saturated rings.